The molecule has 148 valence electrons. The van der Waals surface area contributed by atoms with Gasteiger partial charge in [0.15, 0.2) is 5.76 Å². The fourth-order valence-electron chi connectivity index (χ4n) is 3.29. The zero-order valence-corrected chi connectivity index (χ0v) is 17.1. The summed E-state index contributed by atoms with van der Waals surface area (Å²) in [6.45, 7) is 4.47. The number of carbonyl (C=O) groups excluding carboxylic acids is 2. The molecule has 2 aromatic rings. The summed E-state index contributed by atoms with van der Waals surface area (Å²) in [5.41, 5.74) is 1.29. The van der Waals surface area contributed by atoms with Gasteiger partial charge < -0.3 is 20.0 Å². The van der Waals surface area contributed by atoms with Gasteiger partial charge >= 0.3 is 0 Å². The number of amides is 1. The molecule has 28 heavy (non-hydrogen) atoms. The van der Waals surface area contributed by atoms with Crippen LogP contribution in [-0.4, -0.2) is 63.9 Å². The molecule has 1 amide bonds. The Bertz CT molecular complexity index is 947. The number of aromatic hydroxyl groups is 1. The Labute approximate surface area is 167 Å². The van der Waals surface area contributed by atoms with Gasteiger partial charge in [0.2, 0.25) is 5.78 Å². The van der Waals surface area contributed by atoms with Crippen LogP contribution >= 0.6 is 11.3 Å². The third-order valence-electron chi connectivity index (χ3n) is 4.65. The first-order valence-electron chi connectivity index (χ1n) is 8.87. The molecule has 1 aromatic heterocycles. The third kappa shape index (κ3) is 3.65. The Morgan fingerprint density at radius 2 is 1.86 bits per heavy atom. The van der Waals surface area contributed by atoms with Crippen LogP contribution in [0.5, 0.6) is 5.75 Å². The molecule has 0 aliphatic carbocycles. The minimum atomic E-state index is -0.720. The van der Waals surface area contributed by atoms with E-state index in [1.54, 1.807) is 19.1 Å². The van der Waals surface area contributed by atoms with Crippen molar-refractivity contribution in [3.05, 3.63) is 56.7 Å². The first kappa shape index (κ1) is 20.0. The quantitative estimate of drug-likeness (QED) is 0.723. The van der Waals surface area contributed by atoms with E-state index >= 15 is 0 Å². The largest absolute Gasteiger partial charge is 0.508 e. The van der Waals surface area contributed by atoms with Crippen molar-refractivity contribution in [1.29, 1.82) is 0 Å². The summed E-state index contributed by atoms with van der Waals surface area (Å²) in [4.78, 5) is 34.2. The molecule has 2 heterocycles. The fourth-order valence-corrected chi connectivity index (χ4v) is 4.17. The molecular formula is C20H23N3O4S. The highest BCUT2D eigenvalue weighted by Crippen LogP contribution is 2.40. The standard InChI is InChI=1S/C20H23N3O4S/c1-11-19(28-12(2)21-11)17(25)15-16(13-5-7-14(24)8-6-13)23(10-9-22(3)4)20(27)18(15)26/h5-8,16,24,26H,9-10H2,1-4H3. The zero-order chi connectivity index (χ0) is 20.6. The fraction of sp³-hybridized carbons (Fsp3) is 0.350. The predicted molar refractivity (Wildman–Crippen MR) is 107 cm³/mol. The van der Waals surface area contributed by atoms with Gasteiger partial charge in [0, 0.05) is 13.1 Å². The first-order chi connectivity index (χ1) is 13.2. The minimum Gasteiger partial charge on any atom is -0.508 e. The van der Waals surface area contributed by atoms with Gasteiger partial charge in [0.05, 0.1) is 27.2 Å². The summed E-state index contributed by atoms with van der Waals surface area (Å²) in [5.74, 6) is -1.39. The second kappa shape index (κ2) is 7.73. The van der Waals surface area contributed by atoms with Gasteiger partial charge in [-0.25, -0.2) is 4.98 Å². The van der Waals surface area contributed by atoms with Crippen LogP contribution in [0.2, 0.25) is 0 Å². The summed E-state index contributed by atoms with van der Waals surface area (Å²) >= 11 is 1.25. The molecule has 0 saturated carbocycles. The van der Waals surface area contributed by atoms with E-state index in [9.17, 15) is 19.8 Å². The Balaban J connectivity index is 2.08. The number of hydrogen-bond acceptors (Lipinski definition) is 7. The molecule has 0 spiro atoms. The van der Waals surface area contributed by atoms with Crippen molar-refractivity contribution in [2.45, 2.75) is 19.9 Å². The maximum absolute atomic E-state index is 13.3. The lowest BCUT2D eigenvalue weighted by molar-refractivity contribution is -0.129. The van der Waals surface area contributed by atoms with E-state index in [1.807, 2.05) is 25.9 Å². The topological polar surface area (TPSA) is 94.0 Å². The Hall–Kier alpha value is -2.71. The number of rotatable bonds is 6. The number of hydrogen-bond donors (Lipinski definition) is 2. The Morgan fingerprint density at radius 1 is 1.21 bits per heavy atom. The van der Waals surface area contributed by atoms with Gasteiger partial charge in [-0.3, -0.25) is 9.59 Å². The van der Waals surface area contributed by atoms with E-state index in [0.29, 0.717) is 29.2 Å². The van der Waals surface area contributed by atoms with Crippen LogP contribution in [0.3, 0.4) is 0 Å². The van der Waals surface area contributed by atoms with Crippen LogP contribution in [0.15, 0.2) is 35.6 Å². The molecule has 0 saturated heterocycles. The molecule has 0 radical (unpaired) electrons. The number of ketones is 1. The van der Waals surface area contributed by atoms with Gasteiger partial charge in [-0.05, 0) is 45.6 Å². The molecule has 1 aromatic carbocycles. The second-order valence-electron chi connectivity index (χ2n) is 7.03. The van der Waals surface area contributed by atoms with Crippen LogP contribution in [-0.2, 0) is 4.79 Å². The number of benzene rings is 1. The molecule has 1 atom stereocenters. The predicted octanol–water partition coefficient (Wildman–Crippen LogP) is 2.61. The number of carbonyl (C=O) groups is 2. The minimum absolute atomic E-state index is 0.0567. The summed E-state index contributed by atoms with van der Waals surface area (Å²) in [6.07, 6.45) is 0. The molecule has 1 aliphatic heterocycles. The third-order valence-corrected chi connectivity index (χ3v) is 5.73. The number of thiazole rings is 1. The van der Waals surface area contributed by atoms with Gasteiger partial charge in [-0.15, -0.1) is 11.3 Å². The Kier molecular flexibility index (Phi) is 5.53. The number of phenolic OH excluding ortho intramolecular Hbond substituents is 1. The van der Waals surface area contributed by atoms with Crippen LogP contribution in [0.25, 0.3) is 0 Å². The van der Waals surface area contributed by atoms with Gasteiger partial charge in [0.1, 0.15) is 5.75 Å². The molecule has 3 rings (SSSR count). The number of aryl methyl sites for hydroxylation is 2. The highest BCUT2D eigenvalue weighted by molar-refractivity contribution is 7.14. The normalized spacial score (nSPS) is 17.1. The number of nitrogens with zero attached hydrogens (tertiary/aromatic N) is 3. The SMILES string of the molecule is Cc1nc(C)c(C(=O)C2=C(O)C(=O)N(CCN(C)C)C2c2ccc(O)cc2)s1. The Morgan fingerprint density at radius 3 is 2.39 bits per heavy atom. The van der Waals surface area contributed by atoms with Gasteiger partial charge in [-0.1, -0.05) is 12.1 Å². The lowest BCUT2D eigenvalue weighted by Crippen LogP contribution is -2.36. The number of aliphatic hydroxyl groups is 1. The van der Waals surface area contributed by atoms with Crippen molar-refractivity contribution >= 4 is 23.0 Å². The van der Waals surface area contributed by atoms with Crippen LogP contribution in [0.4, 0.5) is 0 Å². The molecule has 0 fully saturated rings. The van der Waals surface area contributed by atoms with E-state index in [0.717, 1.165) is 5.01 Å². The van der Waals surface area contributed by atoms with Crippen LogP contribution in [0, 0.1) is 13.8 Å². The van der Waals surface area contributed by atoms with Crippen LogP contribution < -0.4 is 0 Å². The number of likely N-dealkylation sites (N-methyl/N-ethyl adjacent to an activating group) is 1. The van der Waals surface area contributed by atoms with Crippen LogP contribution in [0.1, 0.15) is 32.0 Å². The molecule has 8 heteroatoms. The summed E-state index contributed by atoms with van der Waals surface area (Å²) in [5, 5.41) is 21.0. The van der Waals surface area contributed by atoms with Crippen molar-refractivity contribution in [1.82, 2.24) is 14.8 Å². The van der Waals surface area contributed by atoms with Crippen molar-refractivity contribution in [3.8, 4) is 5.75 Å². The maximum atomic E-state index is 13.3. The summed E-state index contributed by atoms with van der Waals surface area (Å²) < 4.78 is 0. The van der Waals surface area contributed by atoms with Crippen molar-refractivity contribution in [2.24, 2.45) is 0 Å². The highest BCUT2D eigenvalue weighted by Gasteiger charge is 2.44. The molecule has 0 bridgehead atoms. The number of Topliss-reactive ketones (excluding diaryl/α,β-unsaturated/α-hetero) is 1. The van der Waals surface area contributed by atoms with Crippen molar-refractivity contribution in [2.75, 3.05) is 27.2 Å². The molecule has 1 unspecified atom stereocenters. The van der Waals surface area contributed by atoms with E-state index in [1.165, 1.54) is 28.4 Å². The summed E-state index contributed by atoms with van der Waals surface area (Å²) in [6, 6.07) is 5.61. The molecular weight excluding hydrogens is 378 g/mol. The van der Waals surface area contributed by atoms with Crippen molar-refractivity contribution < 1.29 is 19.8 Å². The number of aliphatic hydroxyl groups excluding tert-OH is 1. The first-order valence-corrected chi connectivity index (χ1v) is 9.68. The molecule has 7 nitrogen and oxygen atoms in total. The van der Waals surface area contributed by atoms with Gasteiger partial charge in [-0.2, -0.15) is 0 Å². The number of aromatic nitrogens is 1. The van der Waals surface area contributed by atoms with Crippen molar-refractivity contribution in [3.63, 3.8) is 0 Å². The van der Waals surface area contributed by atoms with Gasteiger partial charge in [0.25, 0.3) is 5.91 Å². The van der Waals surface area contributed by atoms with E-state index in [2.05, 4.69) is 4.98 Å². The smallest absolute Gasteiger partial charge is 0.290 e. The zero-order valence-electron chi connectivity index (χ0n) is 16.3. The van der Waals surface area contributed by atoms with E-state index in [-0.39, 0.29) is 17.1 Å². The average Bonchev–Trinajstić information content (AvgIpc) is 3.10. The molecule has 2 N–H and O–H groups in total. The maximum Gasteiger partial charge on any atom is 0.290 e. The molecule has 1 aliphatic rings. The number of phenols is 1. The summed E-state index contributed by atoms with van der Waals surface area (Å²) in [7, 11) is 3.78. The lowest BCUT2D eigenvalue weighted by Gasteiger charge is -2.28. The van der Waals surface area contributed by atoms with E-state index in [4.69, 9.17) is 0 Å². The highest BCUT2D eigenvalue weighted by atomic mass is 32.1. The lowest BCUT2D eigenvalue weighted by atomic mass is 9.95. The van der Waals surface area contributed by atoms with E-state index < -0.39 is 17.7 Å². The second-order valence-corrected chi connectivity index (χ2v) is 8.24. The monoisotopic (exact) mass is 401 g/mol. The average molecular weight is 401 g/mol.